The third kappa shape index (κ3) is 2.76. The number of fused-ring (bicyclic) bond motifs is 1. The lowest BCUT2D eigenvalue weighted by Crippen LogP contribution is -1.96. The Morgan fingerprint density at radius 2 is 2.35 bits per heavy atom. The zero-order valence-corrected chi connectivity index (χ0v) is 9.86. The van der Waals surface area contributed by atoms with Crippen molar-refractivity contribution in [3.63, 3.8) is 0 Å². The Morgan fingerprint density at radius 3 is 3.12 bits per heavy atom. The second kappa shape index (κ2) is 5.35. The fourth-order valence-electron chi connectivity index (χ4n) is 1.64. The van der Waals surface area contributed by atoms with Gasteiger partial charge < -0.3 is 9.72 Å². The van der Waals surface area contributed by atoms with Gasteiger partial charge in [-0.05, 0) is 18.6 Å². The molecular formula is C13H15N3O. The number of nitriles is 1. The van der Waals surface area contributed by atoms with E-state index in [1.807, 2.05) is 18.2 Å². The van der Waals surface area contributed by atoms with E-state index in [0.29, 0.717) is 13.0 Å². The van der Waals surface area contributed by atoms with Gasteiger partial charge in [0, 0.05) is 18.9 Å². The summed E-state index contributed by atoms with van der Waals surface area (Å²) in [5.74, 6) is 1.81. The summed E-state index contributed by atoms with van der Waals surface area (Å²) in [4.78, 5) is 7.67. The predicted molar refractivity (Wildman–Crippen MR) is 65.8 cm³/mol. The molecule has 1 N–H and O–H groups in total. The van der Waals surface area contributed by atoms with E-state index >= 15 is 0 Å². The summed E-state index contributed by atoms with van der Waals surface area (Å²) in [6, 6.07) is 7.91. The Labute approximate surface area is 100 Å². The van der Waals surface area contributed by atoms with Gasteiger partial charge in [0.1, 0.15) is 11.6 Å². The molecule has 0 fully saturated rings. The molecule has 88 valence electrons. The standard InChI is InChI=1S/C13H15N3O/c1-2-13-15-11-6-5-10(9-12(11)16-13)17-8-4-3-7-14/h5-6,9H,2-4,8H2,1H3,(H,15,16). The summed E-state index contributed by atoms with van der Waals surface area (Å²) < 4.78 is 5.56. The van der Waals surface area contributed by atoms with Gasteiger partial charge in [-0.1, -0.05) is 6.92 Å². The molecule has 0 bridgehead atoms. The van der Waals surface area contributed by atoms with Crippen LogP contribution in [0, 0.1) is 11.3 Å². The third-order valence-corrected chi connectivity index (χ3v) is 2.54. The summed E-state index contributed by atoms with van der Waals surface area (Å²) in [6.45, 7) is 2.64. The van der Waals surface area contributed by atoms with Crippen molar-refractivity contribution >= 4 is 11.0 Å². The summed E-state index contributed by atoms with van der Waals surface area (Å²) >= 11 is 0. The molecule has 0 aliphatic rings. The number of hydrogen-bond acceptors (Lipinski definition) is 3. The first kappa shape index (κ1) is 11.5. The number of rotatable bonds is 5. The predicted octanol–water partition coefficient (Wildman–Crippen LogP) is 2.81. The first-order valence-electron chi connectivity index (χ1n) is 5.82. The molecule has 2 aromatic rings. The molecule has 0 saturated heterocycles. The van der Waals surface area contributed by atoms with Crippen molar-refractivity contribution < 1.29 is 4.74 Å². The minimum atomic E-state index is 0.534. The fourth-order valence-corrected chi connectivity index (χ4v) is 1.64. The van der Waals surface area contributed by atoms with Crippen molar-refractivity contribution in [2.75, 3.05) is 6.61 Å². The summed E-state index contributed by atoms with van der Waals surface area (Å²) in [7, 11) is 0. The monoisotopic (exact) mass is 229 g/mol. The van der Waals surface area contributed by atoms with E-state index < -0.39 is 0 Å². The average molecular weight is 229 g/mol. The van der Waals surface area contributed by atoms with Crippen molar-refractivity contribution in [2.45, 2.75) is 26.2 Å². The fraction of sp³-hybridized carbons (Fsp3) is 0.385. The third-order valence-electron chi connectivity index (χ3n) is 2.54. The largest absolute Gasteiger partial charge is 0.493 e. The van der Waals surface area contributed by atoms with Crippen molar-refractivity contribution in [3.8, 4) is 11.8 Å². The molecule has 0 aliphatic heterocycles. The summed E-state index contributed by atoms with van der Waals surface area (Å²) in [6.07, 6.45) is 2.19. The van der Waals surface area contributed by atoms with E-state index in [1.54, 1.807) is 0 Å². The number of imidazole rings is 1. The molecule has 4 heteroatoms. The zero-order chi connectivity index (χ0) is 12.1. The Balaban J connectivity index is 2.06. The van der Waals surface area contributed by atoms with Gasteiger partial charge in [-0.3, -0.25) is 0 Å². The Kier molecular flexibility index (Phi) is 3.61. The van der Waals surface area contributed by atoms with E-state index in [1.165, 1.54) is 0 Å². The maximum Gasteiger partial charge on any atom is 0.121 e. The number of nitrogens with zero attached hydrogens (tertiary/aromatic N) is 2. The molecule has 1 aromatic carbocycles. The van der Waals surface area contributed by atoms with E-state index in [-0.39, 0.29) is 0 Å². The number of nitrogens with one attached hydrogen (secondary N) is 1. The van der Waals surface area contributed by atoms with Gasteiger partial charge in [0.05, 0.1) is 23.7 Å². The van der Waals surface area contributed by atoms with Crippen LogP contribution in [0.2, 0.25) is 0 Å². The highest BCUT2D eigenvalue weighted by Gasteiger charge is 2.02. The molecule has 0 unspecified atom stereocenters. The smallest absolute Gasteiger partial charge is 0.121 e. The highest BCUT2D eigenvalue weighted by molar-refractivity contribution is 5.76. The van der Waals surface area contributed by atoms with Crippen LogP contribution in [0.3, 0.4) is 0 Å². The van der Waals surface area contributed by atoms with Crippen LogP contribution in [0.4, 0.5) is 0 Å². The lowest BCUT2D eigenvalue weighted by atomic mass is 10.3. The van der Waals surface area contributed by atoms with E-state index in [0.717, 1.165) is 35.4 Å². The zero-order valence-electron chi connectivity index (χ0n) is 9.86. The number of aryl methyl sites for hydroxylation is 1. The minimum Gasteiger partial charge on any atom is -0.493 e. The quantitative estimate of drug-likeness (QED) is 0.802. The highest BCUT2D eigenvalue weighted by Crippen LogP contribution is 2.19. The normalized spacial score (nSPS) is 10.4. The maximum atomic E-state index is 8.42. The minimum absolute atomic E-state index is 0.534. The highest BCUT2D eigenvalue weighted by atomic mass is 16.5. The van der Waals surface area contributed by atoms with Gasteiger partial charge in [0.15, 0.2) is 0 Å². The molecule has 0 amide bonds. The molecule has 0 spiro atoms. The number of hydrogen-bond donors (Lipinski definition) is 1. The number of aromatic nitrogens is 2. The second-order valence-corrected chi connectivity index (χ2v) is 3.83. The molecule has 2 rings (SSSR count). The van der Waals surface area contributed by atoms with Crippen molar-refractivity contribution in [1.29, 1.82) is 5.26 Å². The Bertz CT molecular complexity index is 539. The van der Waals surface area contributed by atoms with Gasteiger partial charge in [-0.15, -0.1) is 0 Å². The molecule has 0 radical (unpaired) electrons. The van der Waals surface area contributed by atoms with Crippen LogP contribution in [0.15, 0.2) is 18.2 Å². The maximum absolute atomic E-state index is 8.42. The molecule has 0 aliphatic carbocycles. The van der Waals surface area contributed by atoms with E-state index in [9.17, 15) is 0 Å². The van der Waals surface area contributed by atoms with Crippen LogP contribution in [-0.2, 0) is 6.42 Å². The van der Waals surface area contributed by atoms with Crippen LogP contribution < -0.4 is 4.74 Å². The number of H-pyrrole nitrogens is 1. The van der Waals surface area contributed by atoms with Crippen molar-refractivity contribution in [2.24, 2.45) is 0 Å². The molecule has 1 aromatic heterocycles. The van der Waals surface area contributed by atoms with Gasteiger partial charge in [0.25, 0.3) is 0 Å². The van der Waals surface area contributed by atoms with Crippen LogP contribution in [0.5, 0.6) is 5.75 Å². The van der Waals surface area contributed by atoms with Crippen molar-refractivity contribution in [1.82, 2.24) is 9.97 Å². The van der Waals surface area contributed by atoms with Crippen molar-refractivity contribution in [3.05, 3.63) is 24.0 Å². The molecular weight excluding hydrogens is 214 g/mol. The molecule has 0 saturated carbocycles. The molecule has 1 heterocycles. The Morgan fingerprint density at radius 1 is 1.47 bits per heavy atom. The molecule has 17 heavy (non-hydrogen) atoms. The van der Waals surface area contributed by atoms with Gasteiger partial charge in [-0.2, -0.15) is 5.26 Å². The van der Waals surface area contributed by atoms with E-state index in [4.69, 9.17) is 10.00 Å². The lowest BCUT2D eigenvalue weighted by Gasteiger charge is -2.03. The topological polar surface area (TPSA) is 61.7 Å². The Hall–Kier alpha value is -2.02. The first-order chi connectivity index (χ1) is 8.33. The molecule has 4 nitrogen and oxygen atoms in total. The molecule has 0 atom stereocenters. The van der Waals surface area contributed by atoms with Gasteiger partial charge >= 0.3 is 0 Å². The summed E-state index contributed by atoms with van der Waals surface area (Å²) in [5.41, 5.74) is 1.96. The number of unbranched alkanes of at least 4 members (excludes halogenated alkanes) is 1. The van der Waals surface area contributed by atoms with Crippen LogP contribution >= 0.6 is 0 Å². The van der Waals surface area contributed by atoms with E-state index in [2.05, 4.69) is 23.0 Å². The summed E-state index contributed by atoms with van der Waals surface area (Å²) in [5, 5.41) is 8.42. The average Bonchev–Trinajstić information content (AvgIpc) is 2.77. The van der Waals surface area contributed by atoms with Crippen LogP contribution in [-0.4, -0.2) is 16.6 Å². The number of aromatic amines is 1. The number of benzene rings is 1. The number of ether oxygens (including phenoxy) is 1. The second-order valence-electron chi connectivity index (χ2n) is 3.83. The first-order valence-corrected chi connectivity index (χ1v) is 5.82. The lowest BCUT2D eigenvalue weighted by molar-refractivity contribution is 0.313. The van der Waals surface area contributed by atoms with Crippen LogP contribution in [0.1, 0.15) is 25.6 Å². The van der Waals surface area contributed by atoms with Crippen LogP contribution in [0.25, 0.3) is 11.0 Å². The van der Waals surface area contributed by atoms with Gasteiger partial charge in [0.2, 0.25) is 0 Å². The van der Waals surface area contributed by atoms with Gasteiger partial charge in [-0.25, -0.2) is 4.98 Å². The SMILES string of the molecule is CCc1nc2ccc(OCCCC#N)cc2[nH]1.